The monoisotopic (exact) mass is 313 g/mol. The maximum Gasteiger partial charge on any atom is 0.304 e. The van der Waals surface area contributed by atoms with Crippen LogP contribution in [0.3, 0.4) is 0 Å². The van der Waals surface area contributed by atoms with Crippen molar-refractivity contribution < 1.29 is 9.90 Å². The third-order valence-corrected chi connectivity index (χ3v) is 3.57. The molecule has 1 atom stereocenters. The molecule has 0 bridgehead atoms. The van der Waals surface area contributed by atoms with Gasteiger partial charge in [-0.25, -0.2) is 0 Å². The Morgan fingerprint density at radius 2 is 2.17 bits per heavy atom. The van der Waals surface area contributed by atoms with Crippen LogP contribution in [0.5, 0.6) is 0 Å². The van der Waals surface area contributed by atoms with Gasteiger partial charge in [-0.1, -0.05) is 41.9 Å². The summed E-state index contributed by atoms with van der Waals surface area (Å²) in [6.45, 7) is 5.66. The first-order chi connectivity index (χ1) is 8.58. The normalized spacial score (nSPS) is 12.7. The molecule has 1 N–H and O–H groups in total. The summed E-state index contributed by atoms with van der Waals surface area (Å²) in [7, 11) is 0. The predicted octanol–water partition coefficient (Wildman–Crippen LogP) is 3.70. The van der Waals surface area contributed by atoms with E-state index in [1.54, 1.807) is 0 Å². The van der Waals surface area contributed by atoms with E-state index in [0.29, 0.717) is 6.54 Å². The molecule has 0 amide bonds. The number of carboxylic acid groups (broad SMARTS) is 1. The standard InChI is InChI=1S/C14H20BrNO2/c1-3-13(11-6-5-7-12(15)10-11)16(4-2)9-8-14(17)18/h5-7,10,13H,3-4,8-9H2,1-2H3,(H,17,18). The van der Waals surface area contributed by atoms with Crippen LogP contribution in [0, 0.1) is 0 Å². The molecule has 1 unspecified atom stereocenters. The highest BCUT2D eigenvalue weighted by molar-refractivity contribution is 9.10. The molecule has 100 valence electrons. The van der Waals surface area contributed by atoms with Crippen LogP contribution < -0.4 is 0 Å². The SMILES string of the molecule is CCC(c1cccc(Br)c1)N(CC)CCC(=O)O. The number of carboxylic acids is 1. The number of benzene rings is 1. The van der Waals surface area contributed by atoms with Crippen molar-refractivity contribution in [3.05, 3.63) is 34.3 Å². The number of rotatable bonds is 7. The fraction of sp³-hybridized carbons (Fsp3) is 0.500. The zero-order valence-corrected chi connectivity index (χ0v) is 12.5. The van der Waals surface area contributed by atoms with Crippen LogP contribution in [0.2, 0.25) is 0 Å². The van der Waals surface area contributed by atoms with Crippen LogP contribution in [-0.4, -0.2) is 29.1 Å². The topological polar surface area (TPSA) is 40.5 Å². The lowest BCUT2D eigenvalue weighted by Crippen LogP contribution is -2.30. The van der Waals surface area contributed by atoms with Crippen LogP contribution in [0.1, 0.15) is 38.3 Å². The molecule has 3 nitrogen and oxygen atoms in total. The molecule has 0 spiro atoms. The van der Waals surface area contributed by atoms with Crippen LogP contribution in [0.25, 0.3) is 0 Å². The van der Waals surface area contributed by atoms with Crippen molar-refractivity contribution in [3.8, 4) is 0 Å². The van der Waals surface area contributed by atoms with E-state index in [2.05, 4.69) is 46.8 Å². The lowest BCUT2D eigenvalue weighted by atomic mass is 10.0. The lowest BCUT2D eigenvalue weighted by molar-refractivity contribution is -0.137. The fourth-order valence-corrected chi connectivity index (χ4v) is 2.61. The van der Waals surface area contributed by atoms with Gasteiger partial charge in [0, 0.05) is 17.1 Å². The van der Waals surface area contributed by atoms with E-state index in [4.69, 9.17) is 5.11 Å². The third kappa shape index (κ3) is 4.42. The molecule has 4 heteroatoms. The molecule has 1 aromatic carbocycles. The van der Waals surface area contributed by atoms with Gasteiger partial charge in [0.1, 0.15) is 0 Å². The fourth-order valence-electron chi connectivity index (χ4n) is 2.19. The summed E-state index contributed by atoms with van der Waals surface area (Å²) in [5.41, 5.74) is 1.24. The van der Waals surface area contributed by atoms with E-state index < -0.39 is 5.97 Å². The molecule has 0 saturated heterocycles. The van der Waals surface area contributed by atoms with Crippen molar-refractivity contribution in [1.82, 2.24) is 4.90 Å². The molecule has 0 aliphatic rings. The Labute approximate surface area is 117 Å². The maximum absolute atomic E-state index is 10.7. The molecule has 18 heavy (non-hydrogen) atoms. The molecule has 0 radical (unpaired) electrons. The van der Waals surface area contributed by atoms with E-state index >= 15 is 0 Å². The molecule has 0 fully saturated rings. The zero-order chi connectivity index (χ0) is 13.5. The van der Waals surface area contributed by atoms with Crippen LogP contribution in [0.4, 0.5) is 0 Å². The number of nitrogens with zero attached hydrogens (tertiary/aromatic N) is 1. The van der Waals surface area contributed by atoms with Crippen LogP contribution in [-0.2, 0) is 4.79 Å². The average Bonchev–Trinajstić information content (AvgIpc) is 2.34. The Morgan fingerprint density at radius 3 is 2.67 bits per heavy atom. The maximum atomic E-state index is 10.7. The molecule has 0 saturated carbocycles. The van der Waals surface area contributed by atoms with E-state index in [1.807, 2.05) is 12.1 Å². The summed E-state index contributed by atoms with van der Waals surface area (Å²) in [5.74, 6) is -0.738. The van der Waals surface area contributed by atoms with Crippen molar-refractivity contribution in [3.63, 3.8) is 0 Å². The minimum Gasteiger partial charge on any atom is -0.481 e. The van der Waals surface area contributed by atoms with Crippen LogP contribution in [0.15, 0.2) is 28.7 Å². The molecular weight excluding hydrogens is 294 g/mol. The molecule has 0 aromatic heterocycles. The summed E-state index contributed by atoms with van der Waals surface area (Å²) in [5, 5.41) is 8.79. The highest BCUT2D eigenvalue weighted by atomic mass is 79.9. The predicted molar refractivity (Wildman–Crippen MR) is 76.7 cm³/mol. The molecule has 0 aliphatic carbocycles. The number of aliphatic carboxylic acids is 1. The van der Waals surface area contributed by atoms with Crippen molar-refractivity contribution in [2.45, 2.75) is 32.7 Å². The second-order valence-corrected chi connectivity index (χ2v) is 5.17. The van der Waals surface area contributed by atoms with Gasteiger partial charge in [-0.15, -0.1) is 0 Å². The van der Waals surface area contributed by atoms with Crippen molar-refractivity contribution in [2.24, 2.45) is 0 Å². The largest absolute Gasteiger partial charge is 0.481 e. The highest BCUT2D eigenvalue weighted by Crippen LogP contribution is 2.26. The quantitative estimate of drug-likeness (QED) is 0.834. The first kappa shape index (κ1) is 15.2. The first-order valence-electron chi connectivity index (χ1n) is 6.29. The second kappa shape index (κ2) is 7.54. The van der Waals surface area contributed by atoms with Crippen LogP contribution >= 0.6 is 15.9 Å². The number of hydrogen-bond acceptors (Lipinski definition) is 2. The van der Waals surface area contributed by atoms with Gasteiger partial charge in [0.05, 0.1) is 6.42 Å². The minimum absolute atomic E-state index is 0.193. The van der Waals surface area contributed by atoms with Crippen molar-refractivity contribution in [2.75, 3.05) is 13.1 Å². The van der Waals surface area contributed by atoms with E-state index in [1.165, 1.54) is 5.56 Å². The first-order valence-corrected chi connectivity index (χ1v) is 7.09. The van der Waals surface area contributed by atoms with Gasteiger partial charge in [-0.2, -0.15) is 0 Å². The molecular formula is C14H20BrNO2. The average molecular weight is 314 g/mol. The third-order valence-electron chi connectivity index (χ3n) is 3.08. The van der Waals surface area contributed by atoms with Gasteiger partial charge < -0.3 is 5.11 Å². The second-order valence-electron chi connectivity index (χ2n) is 4.25. The molecule has 0 heterocycles. The van der Waals surface area contributed by atoms with Gasteiger partial charge in [0.15, 0.2) is 0 Å². The molecule has 1 aromatic rings. The Hall–Kier alpha value is -0.870. The Balaban J connectivity index is 2.82. The highest BCUT2D eigenvalue weighted by Gasteiger charge is 2.18. The van der Waals surface area contributed by atoms with Gasteiger partial charge in [0.25, 0.3) is 0 Å². The summed E-state index contributed by atoms with van der Waals surface area (Å²) in [6, 6.07) is 8.52. The van der Waals surface area contributed by atoms with Gasteiger partial charge in [-0.05, 0) is 30.7 Å². The van der Waals surface area contributed by atoms with E-state index in [-0.39, 0.29) is 12.5 Å². The van der Waals surface area contributed by atoms with E-state index in [0.717, 1.165) is 17.4 Å². The Morgan fingerprint density at radius 1 is 1.44 bits per heavy atom. The van der Waals surface area contributed by atoms with Crippen molar-refractivity contribution >= 4 is 21.9 Å². The van der Waals surface area contributed by atoms with Crippen molar-refractivity contribution in [1.29, 1.82) is 0 Å². The van der Waals surface area contributed by atoms with Gasteiger partial charge in [0.2, 0.25) is 0 Å². The summed E-state index contributed by atoms with van der Waals surface area (Å²) < 4.78 is 1.06. The lowest BCUT2D eigenvalue weighted by Gasteiger charge is -2.30. The molecule has 1 rings (SSSR count). The molecule has 0 aliphatic heterocycles. The summed E-state index contributed by atoms with van der Waals surface area (Å²) in [6.07, 6.45) is 1.17. The van der Waals surface area contributed by atoms with E-state index in [9.17, 15) is 4.79 Å². The summed E-state index contributed by atoms with van der Waals surface area (Å²) in [4.78, 5) is 12.9. The number of halogens is 1. The minimum atomic E-state index is -0.738. The Bertz CT molecular complexity index is 395. The summed E-state index contributed by atoms with van der Waals surface area (Å²) >= 11 is 3.48. The number of hydrogen-bond donors (Lipinski definition) is 1. The number of carbonyl (C=O) groups is 1. The van der Waals surface area contributed by atoms with Gasteiger partial charge in [-0.3, -0.25) is 9.69 Å². The van der Waals surface area contributed by atoms with Gasteiger partial charge >= 0.3 is 5.97 Å². The smallest absolute Gasteiger partial charge is 0.304 e. The zero-order valence-electron chi connectivity index (χ0n) is 10.9. The Kier molecular flexibility index (Phi) is 6.36.